The minimum atomic E-state index is -1.64. The van der Waals surface area contributed by atoms with E-state index < -0.39 is 24.2 Å². The van der Waals surface area contributed by atoms with Gasteiger partial charge in [0.15, 0.2) is 6.10 Å². The number of aliphatic hydroxyl groups excluding tert-OH is 1. The third-order valence-corrected chi connectivity index (χ3v) is 2.75. The molecule has 1 aromatic rings. The molecule has 0 spiro atoms. The van der Waals surface area contributed by atoms with Gasteiger partial charge in [-0.15, -0.1) is 0 Å². The van der Waals surface area contributed by atoms with Crippen molar-refractivity contribution in [2.45, 2.75) is 38.5 Å². The number of alkyl carbamates (subject to hydrolysis) is 1. The molecule has 20 heavy (non-hydrogen) atoms. The fraction of sp³-hybridized carbons (Fsp3) is 0.429. The first-order valence-corrected chi connectivity index (χ1v) is 6.42. The van der Waals surface area contributed by atoms with Crippen LogP contribution in [-0.2, 0) is 16.1 Å². The minimum Gasteiger partial charge on any atom is -0.479 e. The highest BCUT2D eigenvalue weighted by Gasteiger charge is 2.26. The van der Waals surface area contributed by atoms with Gasteiger partial charge >= 0.3 is 12.1 Å². The Morgan fingerprint density at radius 3 is 2.50 bits per heavy atom. The zero-order valence-corrected chi connectivity index (χ0v) is 11.3. The number of benzene rings is 1. The Bertz CT molecular complexity index is 434. The first-order valence-electron chi connectivity index (χ1n) is 6.42. The summed E-state index contributed by atoms with van der Waals surface area (Å²) in [5.74, 6) is -1.37. The molecule has 1 rings (SSSR count). The number of rotatable bonds is 7. The molecule has 0 aliphatic rings. The monoisotopic (exact) mass is 281 g/mol. The van der Waals surface area contributed by atoms with Gasteiger partial charge in [0.1, 0.15) is 6.61 Å². The second-order valence-corrected chi connectivity index (χ2v) is 4.38. The standard InChI is InChI=1S/C14H19NO5/c1-2-6-11(12(16)13(17)18)15-14(19)20-9-10-7-4-3-5-8-10/h3-5,7-8,11-12,16H,2,6,9H2,1H3,(H,15,19)(H,17,18)/t11-,12+/m0/s1. The van der Waals surface area contributed by atoms with Crippen LogP contribution < -0.4 is 5.32 Å². The molecule has 0 fully saturated rings. The second kappa shape index (κ2) is 8.16. The van der Waals surface area contributed by atoms with Crippen LogP contribution in [0.15, 0.2) is 30.3 Å². The highest BCUT2D eigenvalue weighted by atomic mass is 16.5. The molecule has 0 saturated heterocycles. The number of hydrogen-bond acceptors (Lipinski definition) is 4. The van der Waals surface area contributed by atoms with Crippen molar-refractivity contribution in [1.29, 1.82) is 0 Å². The predicted octanol–water partition coefficient (Wildman–Crippen LogP) is 1.53. The Balaban J connectivity index is 2.47. The maximum absolute atomic E-state index is 11.6. The number of ether oxygens (including phenoxy) is 1. The summed E-state index contributed by atoms with van der Waals surface area (Å²) in [5.41, 5.74) is 0.827. The zero-order chi connectivity index (χ0) is 15.0. The first kappa shape index (κ1) is 16.0. The molecule has 1 amide bonds. The highest BCUT2D eigenvalue weighted by Crippen LogP contribution is 2.05. The van der Waals surface area contributed by atoms with Crippen molar-refractivity contribution >= 4 is 12.1 Å². The van der Waals surface area contributed by atoms with E-state index in [0.717, 1.165) is 5.56 Å². The summed E-state index contributed by atoms with van der Waals surface area (Å²) >= 11 is 0. The number of aliphatic carboxylic acids is 1. The Hall–Kier alpha value is -2.08. The molecule has 6 nitrogen and oxygen atoms in total. The van der Waals surface area contributed by atoms with Crippen molar-refractivity contribution in [3.05, 3.63) is 35.9 Å². The minimum absolute atomic E-state index is 0.0919. The summed E-state index contributed by atoms with van der Waals surface area (Å²) in [7, 11) is 0. The van der Waals surface area contributed by atoms with Crippen LogP contribution in [0.4, 0.5) is 4.79 Å². The van der Waals surface area contributed by atoms with Gasteiger partial charge in [-0.2, -0.15) is 0 Å². The molecule has 6 heteroatoms. The van der Waals surface area contributed by atoms with Crippen molar-refractivity contribution in [3.63, 3.8) is 0 Å². The number of carboxylic acids is 1. The third-order valence-electron chi connectivity index (χ3n) is 2.75. The van der Waals surface area contributed by atoms with Gasteiger partial charge in [-0.05, 0) is 12.0 Å². The van der Waals surface area contributed by atoms with Crippen LogP contribution in [0.2, 0.25) is 0 Å². The van der Waals surface area contributed by atoms with Gasteiger partial charge in [-0.3, -0.25) is 0 Å². The van der Waals surface area contributed by atoms with E-state index in [1.807, 2.05) is 37.3 Å². The van der Waals surface area contributed by atoms with Gasteiger partial charge < -0.3 is 20.3 Å². The predicted molar refractivity (Wildman–Crippen MR) is 72.1 cm³/mol. The smallest absolute Gasteiger partial charge is 0.407 e. The van der Waals surface area contributed by atoms with E-state index in [1.54, 1.807) is 0 Å². The normalized spacial score (nSPS) is 13.3. The number of carbonyl (C=O) groups excluding carboxylic acids is 1. The SMILES string of the molecule is CCC[C@H](NC(=O)OCc1ccccc1)[C@@H](O)C(=O)O. The van der Waals surface area contributed by atoms with Crippen molar-refractivity contribution in [1.82, 2.24) is 5.32 Å². The Morgan fingerprint density at radius 1 is 1.30 bits per heavy atom. The Kier molecular flexibility index (Phi) is 6.52. The number of carbonyl (C=O) groups is 2. The second-order valence-electron chi connectivity index (χ2n) is 4.38. The third kappa shape index (κ3) is 5.27. The van der Waals surface area contributed by atoms with E-state index in [0.29, 0.717) is 12.8 Å². The van der Waals surface area contributed by atoms with Gasteiger partial charge in [0.2, 0.25) is 0 Å². The van der Waals surface area contributed by atoms with Crippen LogP contribution in [0.25, 0.3) is 0 Å². The molecule has 0 unspecified atom stereocenters. The molecule has 0 heterocycles. The highest BCUT2D eigenvalue weighted by molar-refractivity contribution is 5.75. The van der Waals surface area contributed by atoms with E-state index in [1.165, 1.54) is 0 Å². The lowest BCUT2D eigenvalue weighted by atomic mass is 10.1. The topological polar surface area (TPSA) is 95.9 Å². The number of nitrogens with one attached hydrogen (secondary N) is 1. The van der Waals surface area contributed by atoms with Gasteiger partial charge in [-0.1, -0.05) is 43.7 Å². The number of amides is 1. The summed E-state index contributed by atoms with van der Waals surface area (Å²) in [6, 6.07) is 8.26. The maximum Gasteiger partial charge on any atom is 0.407 e. The summed E-state index contributed by atoms with van der Waals surface area (Å²) in [5, 5.41) is 20.6. The molecule has 0 radical (unpaired) electrons. The van der Waals surface area contributed by atoms with Crippen LogP contribution in [0.1, 0.15) is 25.3 Å². The lowest BCUT2D eigenvalue weighted by Gasteiger charge is -2.20. The number of aliphatic hydroxyl groups is 1. The molecule has 2 atom stereocenters. The van der Waals surface area contributed by atoms with Crippen LogP contribution in [0.3, 0.4) is 0 Å². The Labute approximate surface area is 117 Å². The molecule has 0 aliphatic heterocycles. The number of hydrogen-bond donors (Lipinski definition) is 3. The largest absolute Gasteiger partial charge is 0.479 e. The fourth-order valence-corrected chi connectivity index (χ4v) is 1.71. The van der Waals surface area contributed by atoms with Crippen LogP contribution in [0, 0.1) is 0 Å². The summed E-state index contributed by atoms with van der Waals surface area (Å²) in [6.45, 7) is 1.92. The summed E-state index contributed by atoms with van der Waals surface area (Å²) < 4.78 is 4.98. The molecule has 0 saturated carbocycles. The van der Waals surface area contributed by atoms with Crippen LogP contribution in [0.5, 0.6) is 0 Å². The molecule has 0 aromatic heterocycles. The van der Waals surface area contributed by atoms with Gasteiger partial charge in [0, 0.05) is 0 Å². The van der Waals surface area contributed by atoms with Crippen molar-refractivity contribution in [2.24, 2.45) is 0 Å². The quantitative estimate of drug-likeness (QED) is 0.704. The Morgan fingerprint density at radius 2 is 1.95 bits per heavy atom. The summed E-state index contributed by atoms with van der Waals surface area (Å²) in [6.07, 6.45) is -1.39. The molecule has 3 N–H and O–H groups in total. The lowest BCUT2D eigenvalue weighted by Crippen LogP contribution is -2.47. The molecule has 1 aromatic carbocycles. The van der Waals surface area contributed by atoms with E-state index >= 15 is 0 Å². The molecule has 0 bridgehead atoms. The lowest BCUT2D eigenvalue weighted by molar-refractivity contribution is -0.148. The molecule has 0 aliphatic carbocycles. The first-order chi connectivity index (χ1) is 9.54. The fourth-order valence-electron chi connectivity index (χ4n) is 1.71. The van der Waals surface area contributed by atoms with Crippen LogP contribution >= 0.6 is 0 Å². The van der Waals surface area contributed by atoms with Crippen molar-refractivity contribution < 1.29 is 24.5 Å². The van der Waals surface area contributed by atoms with Crippen LogP contribution in [-0.4, -0.2) is 34.4 Å². The van der Waals surface area contributed by atoms with E-state index in [4.69, 9.17) is 9.84 Å². The van der Waals surface area contributed by atoms with Crippen molar-refractivity contribution in [2.75, 3.05) is 0 Å². The van der Waals surface area contributed by atoms with E-state index in [2.05, 4.69) is 5.32 Å². The van der Waals surface area contributed by atoms with E-state index in [9.17, 15) is 14.7 Å². The zero-order valence-electron chi connectivity index (χ0n) is 11.3. The van der Waals surface area contributed by atoms with E-state index in [-0.39, 0.29) is 6.61 Å². The average molecular weight is 281 g/mol. The molecule has 110 valence electrons. The molecular weight excluding hydrogens is 262 g/mol. The molecular formula is C14H19NO5. The van der Waals surface area contributed by atoms with Crippen molar-refractivity contribution in [3.8, 4) is 0 Å². The van der Waals surface area contributed by atoms with Gasteiger partial charge in [0.05, 0.1) is 6.04 Å². The van der Waals surface area contributed by atoms with Gasteiger partial charge in [0.25, 0.3) is 0 Å². The summed E-state index contributed by atoms with van der Waals surface area (Å²) in [4.78, 5) is 22.3. The van der Waals surface area contributed by atoms with Gasteiger partial charge in [-0.25, -0.2) is 9.59 Å². The average Bonchev–Trinajstić information content (AvgIpc) is 2.45. The number of carboxylic acid groups (broad SMARTS) is 1. The maximum atomic E-state index is 11.6.